The Hall–Kier alpha value is -2.45. The van der Waals surface area contributed by atoms with E-state index in [-0.39, 0.29) is 11.7 Å². The molecular weight excluding hydrogens is 372 g/mol. The van der Waals surface area contributed by atoms with Crippen LogP contribution < -0.4 is 5.32 Å². The van der Waals surface area contributed by atoms with Gasteiger partial charge in [0.15, 0.2) is 11.0 Å². The van der Waals surface area contributed by atoms with Crippen molar-refractivity contribution in [2.75, 3.05) is 11.1 Å². The third-order valence-corrected chi connectivity index (χ3v) is 4.83. The number of nitrogens with zero attached hydrogens (tertiary/aromatic N) is 5. The number of rotatable bonds is 6. The highest BCUT2D eigenvalue weighted by molar-refractivity contribution is 7.99. The average molecular weight is 389 g/mol. The van der Waals surface area contributed by atoms with Crippen molar-refractivity contribution in [2.24, 2.45) is 0 Å². The van der Waals surface area contributed by atoms with Gasteiger partial charge in [-0.25, -0.2) is 4.98 Å². The summed E-state index contributed by atoms with van der Waals surface area (Å²) in [6.07, 6.45) is 4.85. The second-order valence-electron chi connectivity index (χ2n) is 5.44. The van der Waals surface area contributed by atoms with Crippen LogP contribution in [0, 0.1) is 6.92 Å². The maximum Gasteiger partial charge on any atom is 0.234 e. The molecule has 0 radical (unpaired) electrons. The molecule has 1 amide bonds. The van der Waals surface area contributed by atoms with Crippen LogP contribution in [-0.2, 0) is 11.3 Å². The highest BCUT2D eigenvalue weighted by Gasteiger charge is 2.15. The Kier molecular flexibility index (Phi) is 5.85. The number of amides is 1. The Balaban J connectivity index is 1.69. The maximum atomic E-state index is 12.3. The lowest BCUT2D eigenvalue weighted by atomic mass is 10.2. The Labute approximate surface area is 160 Å². The molecular formula is C17H17ClN6OS. The van der Waals surface area contributed by atoms with Gasteiger partial charge in [-0.2, -0.15) is 0 Å². The van der Waals surface area contributed by atoms with Gasteiger partial charge in [-0.15, -0.1) is 10.2 Å². The van der Waals surface area contributed by atoms with Crippen molar-refractivity contribution in [3.63, 3.8) is 0 Å². The second-order valence-corrected chi connectivity index (χ2v) is 6.82. The molecule has 7 nitrogen and oxygen atoms in total. The zero-order valence-electron chi connectivity index (χ0n) is 14.3. The molecule has 0 aliphatic rings. The van der Waals surface area contributed by atoms with E-state index in [0.29, 0.717) is 33.9 Å². The van der Waals surface area contributed by atoms with Gasteiger partial charge in [-0.1, -0.05) is 29.4 Å². The first-order valence-corrected chi connectivity index (χ1v) is 9.33. The molecule has 134 valence electrons. The number of nitrogens with one attached hydrogen (secondary N) is 1. The minimum absolute atomic E-state index is 0.132. The van der Waals surface area contributed by atoms with E-state index >= 15 is 0 Å². The van der Waals surface area contributed by atoms with E-state index in [1.54, 1.807) is 30.7 Å². The number of hydrogen-bond acceptors (Lipinski definition) is 6. The molecule has 3 rings (SSSR count). The molecule has 0 spiro atoms. The van der Waals surface area contributed by atoms with Gasteiger partial charge in [0.25, 0.3) is 0 Å². The molecule has 0 aliphatic heterocycles. The van der Waals surface area contributed by atoms with E-state index in [1.165, 1.54) is 11.8 Å². The van der Waals surface area contributed by atoms with Crippen molar-refractivity contribution in [2.45, 2.75) is 25.5 Å². The number of halogens is 1. The van der Waals surface area contributed by atoms with Gasteiger partial charge >= 0.3 is 0 Å². The number of carbonyl (C=O) groups excluding carboxylic acids is 1. The molecule has 0 bridgehead atoms. The molecule has 0 unspecified atom stereocenters. The van der Waals surface area contributed by atoms with Gasteiger partial charge in [0, 0.05) is 29.6 Å². The Morgan fingerprint density at radius 3 is 2.88 bits per heavy atom. The molecule has 0 aliphatic carbocycles. The third kappa shape index (κ3) is 4.20. The molecule has 2 aromatic heterocycles. The first-order chi connectivity index (χ1) is 12.6. The SMILES string of the molecule is CCn1c(SCC(=O)Nc2cc(Cl)ccc2C)nnc1-c1cnccn1. The zero-order chi connectivity index (χ0) is 18.5. The number of hydrogen-bond donors (Lipinski definition) is 1. The number of benzene rings is 1. The second kappa shape index (κ2) is 8.29. The van der Waals surface area contributed by atoms with Crippen LogP contribution >= 0.6 is 23.4 Å². The van der Waals surface area contributed by atoms with Crippen LogP contribution in [-0.4, -0.2) is 36.4 Å². The summed E-state index contributed by atoms with van der Waals surface area (Å²) < 4.78 is 1.91. The van der Waals surface area contributed by atoms with Crippen molar-refractivity contribution in [3.05, 3.63) is 47.4 Å². The summed E-state index contributed by atoms with van der Waals surface area (Å²) in [4.78, 5) is 20.6. The van der Waals surface area contributed by atoms with Gasteiger partial charge in [-0.3, -0.25) is 9.78 Å². The van der Waals surface area contributed by atoms with Crippen LogP contribution in [0.5, 0.6) is 0 Å². The van der Waals surface area contributed by atoms with Crippen LogP contribution in [0.4, 0.5) is 5.69 Å². The lowest BCUT2D eigenvalue weighted by molar-refractivity contribution is -0.113. The molecule has 1 aromatic carbocycles. The van der Waals surface area contributed by atoms with E-state index in [0.717, 1.165) is 5.56 Å². The summed E-state index contributed by atoms with van der Waals surface area (Å²) in [7, 11) is 0. The molecule has 0 fully saturated rings. The predicted octanol–water partition coefficient (Wildman–Crippen LogP) is 3.45. The minimum Gasteiger partial charge on any atom is -0.325 e. The fourth-order valence-electron chi connectivity index (χ4n) is 2.33. The van der Waals surface area contributed by atoms with Crippen LogP contribution in [0.2, 0.25) is 5.02 Å². The topological polar surface area (TPSA) is 85.6 Å². The standard InChI is InChI=1S/C17H17ClN6OS/c1-3-24-16(14-9-19-6-7-20-14)22-23-17(24)26-10-15(25)21-13-8-12(18)5-4-11(13)2/h4-9H,3,10H2,1-2H3,(H,21,25). The third-order valence-electron chi connectivity index (χ3n) is 3.63. The van der Waals surface area contributed by atoms with Crippen LogP contribution in [0.3, 0.4) is 0 Å². The van der Waals surface area contributed by atoms with E-state index in [1.807, 2.05) is 24.5 Å². The zero-order valence-corrected chi connectivity index (χ0v) is 15.9. The molecule has 1 N–H and O–H groups in total. The van der Waals surface area contributed by atoms with Crippen LogP contribution in [0.15, 0.2) is 41.9 Å². The summed E-state index contributed by atoms with van der Waals surface area (Å²) in [5, 5.41) is 12.5. The van der Waals surface area contributed by atoms with Gasteiger partial charge in [0.05, 0.1) is 11.9 Å². The summed E-state index contributed by atoms with van der Waals surface area (Å²) in [5.41, 5.74) is 2.31. The summed E-state index contributed by atoms with van der Waals surface area (Å²) in [6.45, 7) is 4.57. The summed E-state index contributed by atoms with van der Waals surface area (Å²) in [5.74, 6) is 0.714. The molecule has 9 heteroatoms. The van der Waals surface area contributed by atoms with E-state index in [4.69, 9.17) is 11.6 Å². The lowest BCUT2D eigenvalue weighted by Gasteiger charge is -2.09. The first kappa shape index (κ1) is 18.3. The van der Waals surface area contributed by atoms with Crippen molar-refractivity contribution < 1.29 is 4.79 Å². The first-order valence-electron chi connectivity index (χ1n) is 7.97. The maximum absolute atomic E-state index is 12.3. The van der Waals surface area contributed by atoms with Crippen LogP contribution in [0.1, 0.15) is 12.5 Å². The molecule has 0 saturated heterocycles. The fraction of sp³-hybridized carbons (Fsp3) is 0.235. The number of carbonyl (C=O) groups is 1. The van der Waals surface area contributed by atoms with Crippen molar-refractivity contribution in [1.29, 1.82) is 0 Å². The van der Waals surface area contributed by atoms with Gasteiger partial charge in [0.1, 0.15) is 5.69 Å². The van der Waals surface area contributed by atoms with Crippen molar-refractivity contribution >= 4 is 35.0 Å². The molecule has 0 atom stereocenters. The summed E-state index contributed by atoms with van der Waals surface area (Å²) in [6, 6.07) is 5.39. The average Bonchev–Trinajstić information content (AvgIpc) is 3.06. The number of thioether (sulfide) groups is 1. The van der Waals surface area contributed by atoms with E-state index in [9.17, 15) is 4.79 Å². The lowest BCUT2D eigenvalue weighted by Crippen LogP contribution is -2.15. The quantitative estimate of drug-likeness (QED) is 0.651. The monoisotopic (exact) mass is 388 g/mol. The van der Waals surface area contributed by atoms with Crippen molar-refractivity contribution in [1.82, 2.24) is 24.7 Å². The summed E-state index contributed by atoms with van der Waals surface area (Å²) >= 11 is 7.31. The Morgan fingerprint density at radius 2 is 2.15 bits per heavy atom. The van der Waals surface area contributed by atoms with Gasteiger partial charge in [0.2, 0.25) is 5.91 Å². The number of aryl methyl sites for hydroxylation is 1. The molecule has 0 saturated carbocycles. The highest BCUT2D eigenvalue weighted by atomic mass is 35.5. The Bertz CT molecular complexity index is 915. The van der Waals surface area contributed by atoms with Crippen LogP contribution in [0.25, 0.3) is 11.5 Å². The largest absolute Gasteiger partial charge is 0.325 e. The van der Waals surface area contributed by atoms with Gasteiger partial charge in [-0.05, 0) is 31.5 Å². The molecule has 2 heterocycles. The highest BCUT2D eigenvalue weighted by Crippen LogP contribution is 2.24. The van der Waals surface area contributed by atoms with E-state index < -0.39 is 0 Å². The van der Waals surface area contributed by atoms with Crippen molar-refractivity contribution in [3.8, 4) is 11.5 Å². The normalized spacial score (nSPS) is 10.7. The Morgan fingerprint density at radius 1 is 1.31 bits per heavy atom. The number of aromatic nitrogens is 5. The van der Waals surface area contributed by atoms with Gasteiger partial charge < -0.3 is 9.88 Å². The predicted molar refractivity (Wildman–Crippen MR) is 102 cm³/mol. The molecule has 3 aromatic rings. The number of anilines is 1. The smallest absolute Gasteiger partial charge is 0.234 e. The fourth-order valence-corrected chi connectivity index (χ4v) is 3.30. The van der Waals surface area contributed by atoms with E-state index in [2.05, 4.69) is 25.5 Å². The molecule has 26 heavy (non-hydrogen) atoms. The minimum atomic E-state index is -0.132.